The molecule has 1 aliphatic rings. The zero-order valence-electron chi connectivity index (χ0n) is 15.4. The predicted molar refractivity (Wildman–Crippen MR) is 102 cm³/mol. The average Bonchev–Trinajstić information content (AvgIpc) is 2.68. The molecule has 27 heavy (non-hydrogen) atoms. The van der Waals surface area contributed by atoms with Gasteiger partial charge in [0.2, 0.25) is 0 Å². The van der Waals surface area contributed by atoms with Gasteiger partial charge in [-0.25, -0.2) is 9.97 Å². The highest BCUT2D eigenvalue weighted by Gasteiger charge is 2.34. The Labute approximate surface area is 158 Å². The predicted octanol–water partition coefficient (Wildman–Crippen LogP) is 3.38. The van der Waals surface area contributed by atoms with E-state index in [4.69, 9.17) is 4.98 Å². The van der Waals surface area contributed by atoms with Crippen molar-refractivity contribution in [2.75, 3.05) is 0 Å². The first-order chi connectivity index (χ1) is 13.0. The van der Waals surface area contributed by atoms with E-state index in [2.05, 4.69) is 34.1 Å². The summed E-state index contributed by atoms with van der Waals surface area (Å²) in [5.41, 5.74) is 3.56. The zero-order valence-corrected chi connectivity index (χ0v) is 15.4. The molecule has 0 saturated carbocycles. The number of hydrogen-bond acceptors (Lipinski definition) is 5. The van der Waals surface area contributed by atoms with Crippen LogP contribution in [0, 0.1) is 5.41 Å². The number of nitrogens with one attached hydrogen (secondary N) is 1. The smallest absolute Gasteiger partial charge is 0.251 e. The van der Waals surface area contributed by atoms with Crippen LogP contribution in [0.5, 0.6) is 0 Å². The molecule has 4 rings (SSSR count). The Balaban J connectivity index is 1.66. The molecular weight excluding hydrogens is 338 g/mol. The molecule has 6 heteroatoms. The third-order valence-electron chi connectivity index (χ3n) is 4.86. The van der Waals surface area contributed by atoms with E-state index in [1.807, 2.05) is 18.3 Å². The molecule has 0 spiro atoms. The third-order valence-corrected chi connectivity index (χ3v) is 4.86. The van der Waals surface area contributed by atoms with Crippen LogP contribution in [0.15, 0.2) is 55.2 Å². The van der Waals surface area contributed by atoms with Crippen molar-refractivity contribution >= 4 is 5.91 Å². The van der Waals surface area contributed by atoms with Gasteiger partial charge < -0.3 is 5.32 Å². The maximum Gasteiger partial charge on any atom is 0.251 e. The quantitative estimate of drug-likeness (QED) is 0.775. The number of aromatic nitrogens is 4. The Morgan fingerprint density at radius 2 is 1.74 bits per heavy atom. The molecular formula is C21H21N5O. The lowest BCUT2D eigenvalue weighted by Gasteiger charge is -2.36. The largest absolute Gasteiger partial charge is 0.345 e. The highest BCUT2D eigenvalue weighted by atomic mass is 16.1. The van der Waals surface area contributed by atoms with E-state index < -0.39 is 0 Å². The summed E-state index contributed by atoms with van der Waals surface area (Å²) in [5, 5.41) is 3.15. The van der Waals surface area contributed by atoms with Gasteiger partial charge in [-0.3, -0.25) is 14.8 Å². The first-order valence-electron chi connectivity index (χ1n) is 8.99. The Bertz CT molecular complexity index is 957. The summed E-state index contributed by atoms with van der Waals surface area (Å²) >= 11 is 0. The molecule has 1 atom stereocenters. The van der Waals surface area contributed by atoms with E-state index in [-0.39, 0.29) is 17.4 Å². The molecule has 1 aliphatic carbocycles. The minimum Gasteiger partial charge on any atom is -0.345 e. The Morgan fingerprint density at radius 1 is 1.07 bits per heavy atom. The number of rotatable bonds is 3. The molecule has 3 aromatic rings. The van der Waals surface area contributed by atoms with E-state index in [0.29, 0.717) is 11.4 Å². The summed E-state index contributed by atoms with van der Waals surface area (Å²) in [5.74, 6) is 0.581. The fraction of sp³-hybridized carbons (Fsp3) is 0.286. The molecule has 6 nitrogen and oxygen atoms in total. The minimum atomic E-state index is -0.115. The van der Waals surface area contributed by atoms with Gasteiger partial charge in [-0.15, -0.1) is 0 Å². The lowest BCUT2D eigenvalue weighted by atomic mass is 9.74. The summed E-state index contributed by atoms with van der Waals surface area (Å²) in [6, 6.07) is 7.12. The summed E-state index contributed by atoms with van der Waals surface area (Å²) < 4.78 is 0. The fourth-order valence-corrected chi connectivity index (χ4v) is 3.56. The van der Waals surface area contributed by atoms with Gasteiger partial charge in [0.25, 0.3) is 5.91 Å². The molecule has 3 aromatic heterocycles. The first kappa shape index (κ1) is 17.3. The maximum atomic E-state index is 12.6. The van der Waals surface area contributed by atoms with Gasteiger partial charge in [-0.1, -0.05) is 13.8 Å². The molecule has 0 radical (unpaired) electrons. The molecule has 0 aromatic carbocycles. The van der Waals surface area contributed by atoms with Gasteiger partial charge in [0, 0.05) is 47.7 Å². The first-order valence-corrected chi connectivity index (χ1v) is 8.99. The van der Waals surface area contributed by atoms with Crippen molar-refractivity contribution in [3.05, 3.63) is 72.1 Å². The highest BCUT2D eigenvalue weighted by Crippen LogP contribution is 2.40. The zero-order chi connectivity index (χ0) is 18.9. The highest BCUT2D eigenvalue weighted by molar-refractivity contribution is 5.94. The number of fused-ring (bicyclic) bond motifs is 1. The van der Waals surface area contributed by atoms with E-state index >= 15 is 0 Å². The minimum absolute atomic E-state index is 0.0348. The SMILES string of the molecule is CC1(C)Cc2nc(-c3ccncc3)ncc2[C@H](NC(=O)c2ccncc2)C1. The number of hydrogen-bond donors (Lipinski definition) is 1. The molecule has 1 amide bonds. The lowest BCUT2D eigenvalue weighted by Crippen LogP contribution is -2.37. The van der Waals surface area contributed by atoms with E-state index in [0.717, 1.165) is 29.7 Å². The van der Waals surface area contributed by atoms with Gasteiger partial charge in [0.15, 0.2) is 5.82 Å². The summed E-state index contributed by atoms with van der Waals surface area (Å²) in [6.45, 7) is 4.41. The van der Waals surface area contributed by atoms with Gasteiger partial charge in [0.1, 0.15) is 0 Å². The molecule has 0 saturated heterocycles. The van der Waals surface area contributed by atoms with Gasteiger partial charge in [-0.05, 0) is 42.5 Å². The van der Waals surface area contributed by atoms with Gasteiger partial charge in [-0.2, -0.15) is 0 Å². The van der Waals surface area contributed by atoms with Crippen LogP contribution in [0.4, 0.5) is 0 Å². The van der Waals surface area contributed by atoms with Crippen molar-refractivity contribution in [1.82, 2.24) is 25.3 Å². The molecule has 0 unspecified atom stereocenters. The van der Waals surface area contributed by atoms with Crippen LogP contribution in [-0.2, 0) is 6.42 Å². The molecule has 3 heterocycles. The van der Waals surface area contributed by atoms with E-state index in [9.17, 15) is 4.79 Å². The molecule has 0 bridgehead atoms. The normalized spacial score (nSPS) is 17.8. The number of pyridine rings is 2. The molecule has 1 N–H and O–H groups in total. The second-order valence-electron chi connectivity index (χ2n) is 7.64. The van der Waals surface area contributed by atoms with E-state index in [1.54, 1.807) is 36.9 Å². The topological polar surface area (TPSA) is 80.7 Å². The van der Waals surface area contributed by atoms with Crippen LogP contribution < -0.4 is 5.32 Å². The van der Waals surface area contributed by atoms with Gasteiger partial charge >= 0.3 is 0 Å². The summed E-state index contributed by atoms with van der Waals surface area (Å²) in [7, 11) is 0. The van der Waals surface area contributed by atoms with Crippen molar-refractivity contribution in [1.29, 1.82) is 0 Å². The van der Waals surface area contributed by atoms with E-state index in [1.165, 1.54) is 0 Å². The van der Waals surface area contributed by atoms with Crippen molar-refractivity contribution < 1.29 is 4.79 Å². The van der Waals surface area contributed by atoms with Crippen molar-refractivity contribution in [3.8, 4) is 11.4 Å². The van der Waals surface area contributed by atoms with Crippen molar-refractivity contribution in [2.24, 2.45) is 5.41 Å². The summed E-state index contributed by atoms with van der Waals surface area (Å²) in [6.07, 6.45) is 10.3. The van der Waals surface area contributed by atoms with Crippen LogP contribution in [-0.4, -0.2) is 25.8 Å². The van der Waals surface area contributed by atoms with Crippen LogP contribution >= 0.6 is 0 Å². The monoisotopic (exact) mass is 359 g/mol. The second-order valence-corrected chi connectivity index (χ2v) is 7.64. The Hall–Kier alpha value is -3.15. The number of nitrogens with zero attached hydrogens (tertiary/aromatic N) is 4. The molecule has 136 valence electrons. The van der Waals surface area contributed by atoms with Crippen LogP contribution in [0.1, 0.15) is 47.9 Å². The maximum absolute atomic E-state index is 12.6. The average molecular weight is 359 g/mol. The lowest BCUT2D eigenvalue weighted by molar-refractivity contribution is 0.0919. The van der Waals surface area contributed by atoms with Crippen LogP contribution in [0.2, 0.25) is 0 Å². The van der Waals surface area contributed by atoms with Gasteiger partial charge in [0.05, 0.1) is 11.7 Å². The third kappa shape index (κ3) is 3.69. The Kier molecular flexibility index (Phi) is 4.39. The fourth-order valence-electron chi connectivity index (χ4n) is 3.56. The number of amides is 1. The Morgan fingerprint density at radius 3 is 2.44 bits per heavy atom. The van der Waals surface area contributed by atoms with Crippen molar-refractivity contribution in [3.63, 3.8) is 0 Å². The number of carbonyl (C=O) groups is 1. The standard InChI is InChI=1S/C21H21N5O/c1-21(2)11-17-16(13-24-19(25-17)14-3-7-22-8-4-14)18(12-21)26-20(27)15-5-9-23-10-6-15/h3-10,13,18H,11-12H2,1-2H3,(H,26,27)/t18-/m1/s1. The summed E-state index contributed by atoms with van der Waals surface area (Å²) in [4.78, 5) is 30.0. The molecule has 0 fully saturated rings. The molecule has 0 aliphatic heterocycles. The van der Waals surface area contributed by atoms with Crippen molar-refractivity contribution in [2.45, 2.75) is 32.7 Å². The number of carbonyl (C=O) groups excluding carboxylic acids is 1. The second kappa shape index (κ2) is 6.87. The van der Waals surface area contributed by atoms with Crippen LogP contribution in [0.3, 0.4) is 0 Å². The van der Waals surface area contributed by atoms with Crippen LogP contribution in [0.25, 0.3) is 11.4 Å².